The SMILES string of the molecule is CCOc1cc2c(cc1OCC)C[NH+](CN1C(=O)C(=O)c3cc(Cl)ccc31)CC2. The number of halogens is 1. The highest BCUT2D eigenvalue weighted by molar-refractivity contribution is 6.52. The number of hydrogen-bond donors (Lipinski definition) is 1. The molecule has 2 aromatic rings. The maximum Gasteiger partial charge on any atom is 0.303 e. The fourth-order valence-corrected chi connectivity index (χ4v) is 4.21. The normalized spacial score (nSPS) is 17.9. The van der Waals surface area contributed by atoms with Crippen molar-refractivity contribution < 1.29 is 24.0 Å². The zero-order valence-corrected chi connectivity index (χ0v) is 17.3. The molecule has 0 fully saturated rings. The minimum Gasteiger partial charge on any atom is -0.490 e. The van der Waals surface area contributed by atoms with Crippen molar-refractivity contribution in [2.75, 3.05) is 31.3 Å². The van der Waals surface area contributed by atoms with E-state index in [1.54, 1.807) is 23.1 Å². The third kappa shape index (κ3) is 3.70. The molecule has 2 heterocycles. The van der Waals surface area contributed by atoms with Crippen LogP contribution in [0.1, 0.15) is 35.3 Å². The van der Waals surface area contributed by atoms with Gasteiger partial charge in [-0.25, -0.2) is 0 Å². The number of nitrogens with one attached hydrogen (secondary N) is 1. The van der Waals surface area contributed by atoms with Crippen LogP contribution in [0.15, 0.2) is 30.3 Å². The van der Waals surface area contributed by atoms with Crippen molar-refractivity contribution in [3.05, 3.63) is 52.0 Å². The van der Waals surface area contributed by atoms with Gasteiger partial charge in [0.25, 0.3) is 5.78 Å². The van der Waals surface area contributed by atoms with Crippen molar-refractivity contribution in [2.24, 2.45) is 0 Å². The lowest BCUT2D eigenvalue weighted by atomic mass is 9.99. The van der Waals surface area contributed by atoms with E-state index in [-0.39, 0.29) is 0 Å². The van der Waals surface area contributed by atoms with E-state index in [9.17, 15) is 9.59 Å². The Hall–Kier alpha value is -2.57. The second-order valence-corrected chi connectivity index (χ2v) is 7.68. The maximum absolute atomic E-state index is 12.5. The highest BCUT2D eigenvalue weighted by atomic mass is 35.5. The third-order valence-corrected chi connectivity index (χ3v) is 5.60. The molecular formula is C22H24ClN2O4+. The number of amides is 1. The van der Waals surface area contributed by atoms with E-state index in [0.717, 1.165) is 31.0 Å². The van der Waals surface area contributed by atoms with Crippen LogP contribution in [0.2, 0.25) is 5.02 Å². The number of fused-ring (bicyclic) bond motifs is 2. The van der Waals surface area contributed by atoms with Crippen LogP contribution in [-0.2, 0) is 17.8 Å². The summed E-state index contributed by atoms with van der Waals surface area (Å²) >= 11 is 6.00. The molecule has 0 aliphatic carbocycles. The Balaban J connectivity index is 1.56. The minimum atomic E-state index is -0.487. The van der Waals surface area contributed by atoms with Gasteiger partial charge in [-0.1, -0.05) is 11.6 Å². The molecule has 1 unspecified atom stereocenters. The monoisotopic (exact) mass is 415 g/mol. The summed E-state index contributed by atoms with van der Waals surface area (Å²) in [5.41, 5.74) is 3.47. The van der Waals surface area contributed by atoms with E-state index in [1.165, 1.54) is 16.0 Å². The van der Waals surface area contributed by atoms with Gasteiger partial charge in [0.1, 0.15) is 6.54 Å². The Labute approximate surface area is 174 Å². The minimum absolute atomic E-state index is 0.388. The molecule has 7 heteroatoms. The van der Waals surface area contributed by atoms with Crippen LogP contribution in [0.5, 0.6) is 11.5 Å². The van der Waals surface area contributed by atoms with Gasteiger partial charge < -0.3 is 14.4 Å². The second kappa shape index (κ2) is 8.05. The molecule has 0 bridgehead atoms. The van der Waals surface area contributed by atoms with Gasteiger partial charge in [0.05, 0.1) is 31.0 Å². The summed E-state index contributed by atoms with van der Waals surface area (Å²) in [6.07, 6.45) is 0.876. The number of hydrogen-bond acceptors (Lipinski definition) is 4. The molecule has 2 aromatic carbocycles. The summed E-state index contributed by atoms with van der Waals surface area (Å²) in [5.74, 6) is 0.561. The molecule has 2 aliphatic heterocycles. The van der Waals surface area contributed by atoms with Gasteiger partial charge in [0.15, 0.2) is 18.2 Å². The zero-order valence-electron chi connectivity index (χ0n) is 16.6. The molecule has 6 nitrogen and oxygen atoms in total. The van der Waals surface area contributed by atoms with Crippen LogP contribution in [0.25, 0.3) is 0 Å². The van der Waals surface area contributed by atoms with Gasteiger partial charge in [-0.2, -0.15) is 0 Å². The summed E-state index contributed by atoms with van der Waals surface area (Å²) in [4.78, 5) is 27.6. The topological polar surface area (TPSA) is 60.3 Å². The number of carbonyl (C=O) groups is 2. The van der Waals surface area contributed by atoms with Gasteiger partial charge in [-0.05, 0) is 49.7 Å². The number of nitrogens with zero attached hydrogens (tertiary/aromatic N) is 1. The highest BCUT2D eigenvalue weighted by Gasteiger charge is 2.38. The van der Waals surface area contributed by atoms with Crippen LogP contribution in [-0.4, -0.2) is 38.1 Å². The Morgan fingerprint density at radius 3 is 2.41 bits per heavy atom. The van der Waals surface area contributed by atoms with Crippen LogP contribution < -0.4 is 19.3 Å². The number of Topliss-reactive ketones (excluding diaryl/α,β-unsaturated/α-hetero) is 1. The fourth-order valence-electron chi connectivity index (χ4n) is 4.04. The number of quaternary nitrogens is 1. The first-order valence-electron chi connectivity index (χ1n) is 9.92. The summed E-state index contributed by atoms with van der Waals surface area (Å²) in [7, 11) is 0. The van der Waals surface area contributed by atoms with Crippen LogP contribution in [0.4, 0.5) is 5.69 Å². The standard InChI is InChI=1S/C22H23ClN2O4/c1-3-28-19-9-14-7-8-24(12-15(14)10-20(19)29-4-2)13-25-18-6-5-16(23)11-17(18)21(26)22(25)27/h5-6,9-11H,3-4,7-8,12-13H2,1-2H3/p+1. The molecule has 1 N–H and O–H groups in total. The first-order chi connectivity index (χ1) is 14.0. The van der Waals surface area contributed by atoms with E-state index >= 15 is 0 Å². The van der Waals surface area contributed by atoms with Crippen molar-refractivity contribution in [3.63, 3.8) is 0 Å². The molecule has 0 saturated carbocycles. The van der Waals surface area contributed by atoms with E-state index in [0.29, 0.717) is 36.2 Å². The largest absolute Gasteiger partial charge is 0.490 e. The molecule has 1 atom stereocenters. The van der Waals surface area contributed by atoms with E-state index in [2.05, 4.69) is 6.07 Å². The van der Waals surface area contributed by atoms with E-state index < -0.39 is 11.7 Å². The van der Waals surface area contributed by atoms with Crippen molar-refractivity contribution in [1.29, 1.82) is 0 Å². The fraction of sp³-hybridized carbons (Fsp3) is 0.364. The average molecular weight is 416 g/mol. The molecule has 2 aliphatic rings. The number of ether oxygens (including phenoxy) is 2. The second-order valence-electron chi connectivity index (χ2n) is 7.24. The summed E-state index contributed by atoms with van der Waals surface area (Å²) < 4.78 is 11.5. The van der Waals surface area contributed by atoms with Crippen molar-refractivity contribution in [2.45, 2.75) is 26.8 Å². The van der Waals surface area contributed by atoms with Crippen LogP contribution in [0.3, 0.4) is 0 Å². The Morgan fingerprint density at radius 2 is 1.72 bits per heavy atom. The lowest BCUT2D eigenvalue weighted by molar-refractivity contribution is -0.914. The lowest BCUT2D eigenvalue weighted by Gasteiger charge is -2.30. The Morgan fingerprint density at radius 1 is 1.03 bits per heavy atom. The molecule has 1 amide bonds. The van der Waals surface area contributed by atoms with Gasteiger partial charge in [-0.3, -0.25) is 14.5 Å². The number of carbonyl (C=O) groups excluding carboxylic acids is 2. The summed E-state index contributed by atoms with van der Waals surface area (Å²) in [5, 5.41) is 0.458. The zero-order chi connectivity index (χ0) is 20.5. The molecule has 0 saturated heterocycles. The number of benzene rings is 2. The third-order valence-electron chi connectivity index (χ3n) is 5.37. The molecule has 0 radical (unpaired) electrons. The molecule has 29 heavy (non-hydrogen) atoms. The van der Waals surface area contributed by atoms with E-state index in [4.69, 9.17) is 21.1 Å². The molecular weight excluding hydrogens is 392 g/mol. The maximum atomic E-state index is 12.5. The van der Waals surface area contributed by atoms with Crippen molar-refractivity contribution in [3.8, 4) is 11.5 Å². The number of ketones is 1. The van der Waals surface area contributed by atoms with Gasteiger partial charge in [0, 0.05) is 17.0 Å². The lowest BCUT2D eigenvalue weighted by Crippen LogP contribution is -3.13. The molecule has 152 valence electrons. The Bertz CT molecular complexity index is 976. The summed E-state index contributed by atoms with van der Waals surface area (Å²) in [6.45, 7) is 7.13. The predicted molar refractivity (Wildman–Crippen MR) is 110 cm³/mol. The first kappa shape index (κ1) is 19.7. The summed E-state index contributed by atoms with van der Waals surface area (Å²) in [6, 6.07) is 9.15. The first-order valence-corrected chi connectivity index (χ1v) is 10.3. The number of anilines is 1. The van der Waals surface area contributed by atoms with Crippen molar-refractivity contribution in [1.82, 2.24) is 0 Å². The van der Waals surface area contributed by atoms with E-state index in [1.807, 2.05) is 19.9 Å². The van der Waals surface area contributed by atoms with Crippen LogP contribution in [0, 0.1) is 0 Å². The smallest absolute Gasteiger partial charge is 0.303 e. The quantitative estimate of drug-likeness (QED) is 0.735. The van der Waals surface area contributed by atoms with Crippen LogP contribution >= 0.6 is 11.6 Å². The highest BCUT2D eigenvalue weighted by Crippen LogP contribution is 2.33. The van der Waals surface area contributed by atoms with Gasteiger partial charge >= 0.3 is 5.91 Å². The molecule has 0 aromatic heterocycles. The number of rotatable bonds is 6. The van der Waals surface area contributed by atoms with Crippen molar-refractivity contribution >= 4 is 29.0 Å². The van der Waals surface area contributed by atoms with Gasteiger partial charge in [-0.15, -0.1) is 0 Å². The molecule has 0 spiro atoms. The van der Waals surface area contributed by atoms with Gasteiger partial charge in [0.2, 0.25) is 0 Å². The Kier molecular flexibility index (Phi) is 5.48. The average Bonchev–Trinajstić information content (AvgIpc) is 2.93. The predicted octanol–water partition coefficient (Wildman–Crippen LogP) is 2.27. The molecule has 4 rings (SSSR count).